The lowest BCUT2D eigenvalue weighted by molar-refractivity contribution is -0.117. The fraction of sp³-hybridized carbons (Fsp3) is 0.333. The van der Waals surface area contributed by atoms with Crippen LogP contribution in [0.4, 0.5) is 10.1 Å². The van der Waals surface area contributed by atoms with E-state index in [4.69, 9.17) is 5.11 Å². The molecular formula is C12H12FNO3. The molecule has 0 radical (unpaired) electrons. The highest BCUT2D eigenvalue weighted by atomic mass is 19.1. The van der Waals surface area contributed by atoms with E-state index in [9.17, 15) is 14.0 Å². The molecule has 0 saturated heterocycles. The van der Waals surface area contributed by atoms with Crippen molar-refractivity contribution in [2.75, 3.05) is 5.32 Å². The Morgan fingerprint density at radius 2 is 2.12 bits per heavy atom. The monoisotopic (exact) mass is 237 g/mol. The minimum atomic E-state index is -1.26. The zero-order valence-electron chi connectivity index (χ0n) is 9.24. The Balaban J connectivity index is 2.25. The number of hydrogen-bond acceptors (Lipinski definition) is 2. The Morgan fingerprint density at radius 3 is 2.65 bits per heavy atom. The quantitative estimate of drug-likeness (QED) is 0.846. The second-order valence-electron chi connectivity index (χ2n) is 4.28. The highest BCUT2D eigenvalue weighted by Gasteiger charge is 2.39. The molecule has 0 aliphatic heterocycles. The van der Waals surface area contributed by atoms with E-state index >= 15 is 0 Å². The Morgan fingerprint density at radius 1 is 1.47 bits per heavy atom. The molecule has 4 nitrogen and oxygen atoms in total. The van der Waals surface area contributed by atoms with E-state index < -0.39 is 11.8 Å². The summed E-state index contributed by atoms with van der Waals surface area (Å²) in [6.07, 6.45) is 0.767. The average molecular weight is 237 g/mol. The average Bonchev–Trinajstić information content (AvgIpc) is 2.98. The van der Waals surface area contributed by atoms with Gasteiger partial charge in [0.2, 0.25) is 5.91 Å². The Hall–Kier alpha value is -1.91. The maximum atomic E-state index is 13.5. The number of anilines is 1. The molecule has 1 aromatic rings. The second kappa shape index (κ2) is 4.16. The fourth-order valence-corrected chi connectivity index (χ4v) is 1.73. The number of carbonyl (C=O) groups is 2. The number of nitrogens with one attached hydrogen (secondary N) is 1. The van der Waals surface area contributed by atoms with Crippen molar-refractivity contribution >= 4 is 17.6 Å². The molecule has 5 heteroatoms. The third-order valence-electron chi connectivity index (χ3n) is 2.94. The van der Waals surface area contributed by atoms with E-state index in [1.807, 2.05) is 6.92 Å². The zero-order valence-corrected chi connectivity index (χ0v) is 9.24. The van der Waals surface area contributed by atoms with Gasteiger partial charge in [0.05, 0.1) is 11.3 Å². The minimum Gasteiger partial charge on any atom is -0.478 e. The van der Waals surface area contributed by atoms with Crippen molar-refractivity contribution in [1.82, 2.24) is 0 Å². The first kappa shape index (κ1) is 11.6. The number of carbonyl (C=O) groups excluding carboxylic acids is 1. The lowest BCUT2D eigenvalue weighted by atomic mass is 10.1. The van der Waals surface area contributed by atoms with Crippen LogP contribution in [0.5, 0.6) is 0 Å². The molecule has 1 saturated carbocycles. The molecule has 2 rings (SSSR count). The summed E-state index contributed by atoms with van der Waals surface area (Å²) in [5.41, 5.74) is -0.476. The summed E-state index contributed by atoms with van der Waals surface area (Å²) in [7, 11) is 0. The van der Waals surface area contributed by atoms with Gasteiger partial charge in [0.1, 0.15) is 5.82 Å². The molecular weight excluding hydrogens is 225 g/mol. The molecule has 0 aromatic heterocycles. The molecule has 0 bridgehead atoms. The molecule has 0 spiro atoms. The molecule has 17 heavy (non-hydrogen) atoms. The van der Waals surface area contributed by atoms with Crippen molar-refractivity contribution < 1.29 is 19.1 Å². The van der Waals surface area contributed by atoms with Crippen LogP contribution in [0.2, 0.25) is 0 Å². The first-order valence-electron chi connectivity index (χ1n) is 5.33. The van der Waals surface area contributed by atoms with E-state index in [-0.39, 0.29) is 29.0 Å². The summed E-state index contributed by atoms with van der Waals surface area (Å²) in [6, 6.07) is 3.68. The molecule has 2 N–H and O–H groups in total. The predicted octanol–water partition coefficient (Wildman–Crippen LogP) is 2.12. The summed E-state index contributed by atoms with van der Waals surface area (Å²) >= 11 is 0. The number of rotatable bonds is 3. The van der Waals surface area contributed by atoms with Crippen molar-refractivity contribution in [1.29, 1.82) is 0 Å². The van der Waals surface area contributed by atoms with Gasteiger partial charge < -0.3 is 10.4 Å². The second-order valence-corrected chi connectivity index (χ2v) is 4.28. The third kappa shape index (κ3) is 2.27. The topological polar surface area (TPSA) is 66.4 Å². The van der Waals surface area contributed by atoms with Gasteiger partial charge in [0.25, 0.3) is 0 Å². The molecule has 1 aromatic carbocycles. The number of carboxylic acids is 1. The molecule has 2 unspecified atom stereocenters. The van der Waals surface area contributed by atoms with Gasteiger partial charge in [-0.3, -0.25) is 4.79 Å². The van der Waals surface area contributed by atoms with Crippen LogP contribution in [0.15, 0.2) is 18.2 Å². The molecule has 2 atom stereocenters. The van der Waals surface area contributed by atoms with Crippen LogP contribution in [0.25, 0.3) is 0 Å². The first-order chi connectivity index (χ1) is 8.00. The van der Waals surface area contributed by atoms with Gasteiger partial charge in [-0.05, 0) is 24.5 Å². The van der Waals surface area contributed by atoms with Crippen LogP contribution < -0.4 is 5.32 Å². The molecule has 1 aliphatic carbocycles. The Kier molecular flexibility index (Phi) is 2.83. The summed E-state index contributed by atoms with van der Waals surface area (Å²) in [5, 5.41) is 11.2. The van der Waals surface area contributed by atoms with E-state index in [0.29, 0.717) is 0 Å². The molecule has 0 heterocycles. The van der Waals surface area contributed by atoms with Gasteiger partial charge in [0, 0.05) is 5.92 Å². The summed E-state index contributed by atoms with van der Waals surface area (Å²) in [5.74, 6) is -2.15. The largest absolute Gasteiger partial charge is 0.478 e. The SMILES string of the molecule is CC1CC1C(=O)Nc1c(F)cccc1C(=O)O. The van der Waals surface area contributed by atoms with Crippen molar-refractivity contribution in [2.24, 2.45) is 11.8 Å². The van der Waals surface area contributed by atoms with E-state index in [1.165, 1.54) is 12.1 Å². The van der Waals surface area contributed by atoms with E-state index in [1.54, 1.807) is 0 Å². The fourth-order valence-electron chi connectivity index (χ4n) is 1.73. The lowest BCUT2D eigenvalue weighted by Gasteiger charge is -2.09. The maximum Gasteiger partial charge on any atom is 0.337 e. The number of benzene rings is 1. The van der Waals surface area contributed by atoms with Gasteiger partial charge in [-0.2, -0.15) is 0 Å². The van der Waals surface area contributed by atoms with Crippen LogP contribution in [-0.4, -0.2) is 17.0 Å². The molecule has 90 valence electrons. The van der Waals surface area contributed by atoms with Gasteiger partial charge in [-0.25, -0.2) is 9.18 Å². The number of amides is 1. The molecule has 1 aliphatic rings. The molecule has 1 amide bonds. The van der Waals surface area contributed by atoms with Crippen LogP contribution in [0, 0.1) is 17.7 Å². The van der Waals surface area contributed by atoms with Crippen molar-refractivity contribution in [3.63, 3.8) is 0 Å². The predicted molar refractivity (Wildman–Crippen MR) is 59.3 cm³/mol. The number of carboxylic acid groups (broad SMARTS) is 1. The standard InChI is InChI=1S/C12H12FNO3/c1-6-5-8(6)11(15)14-10-7(12(16)17)3-2-4-9(10)13/h2-4,6,8H,5H2,1H3,(H,14,15)(H,16,17). The minimum absolute atomic E-state index is 0.128. The number of hydrogen-bond donors (Lipinski definition) is 2. The van der Waals surface area contributed by atoms with Crippen LogP contribution in [0.1, 0.15) is 23.7 Å². The van der Waals surface area contributed by atoms with Crippen LogP contribution in [-0.2, 0) is 4.79 Å². The van der Waals surface area contributed by atoms with Crippen LogP contribution in [0.3, 0.4) is 0 Å². The van der Waals surface area contributed by atoms with Gasteiger partial charge in [-0.15, -0.1) is 0 Å². The third-order valence-corrected chi connectivity index (χ3v) is 2.94. The zero-order chi connectivity index (χ0) is 12.6. The first-order valence-corrected chi connectivity index (χ1v) is 5.33. The van der Waals surface area contributed by atoms with Crippen molar-refractivity contribution in [3.05, 3.63) is 29.6 Å². The highest BCUT2D eigenvalue weighted by molar-refractivity contribution is 6.02. The summed E-state index contributed by atoms with van der Waals surface area (Å²) in [6.45, 7) is 1.92. The lowest BCUT2D eigenvalue weighted by Crippen LogP contribution is -2.18. The van der Waals surface area contributed by atoms with Crippen molar-refractivity contribution in [2.45, 2.75) is 13.3 Å². The van der Waals surface area contributed by atoms with Crippen molar-refractivity contribution in [3.8, 4) is 0 Å². The van der Waals surface area contributed by atoms with Gasteiger partial charge >= 0.3 is 5.97 Å². The number of halogens is 1. The summed E-state index contributed by atoms with van der Waals surface area (Å²) < 4.78 is 13.5. The summed E-state index contributed by atoms with van der Waals surface area (Å²) in [4.78, 5) is 22.5. The van der Waals surface area contributed by atoms with Gasteiger partial charge in [0.15, 0.2) is 0 Å². The molecule has 1 fully saturated rings. The Labute approximate surface area is 97.4 Å². The number of para-hydroxylation sites is 1. The smallest absolute Gasteiger partial charge is 0.337 e. The number of aromatic carboxylic acids is 1. The van der Waals surface area contributed by atoms with E-state index in [0.717, 1.165) is 12.5 Å². The normalized spacial score (nSPS) is 22.0. The van der Waals surface area contributed by atoms with Crippen LogP contribution >= 0.6 is 0 Å². The van der Waals surface area contributed by atoms with Gasteiger partial charge in [-0.1, -0.05) is 13.0 Å². The highest BCUT2D eigenvalue weighted by Crippen LogP contribution is 2.38. The van der Waals surface area contributed by atoms with E-state index in [2.05, 4.69) is 5.32 Å². The Bertz CT molecular complexity index is 487. The maximum absolute atomic E-state index is 13.5.